The van der Waals surface area contributed by atoms with Crippen LogP contribution in [-0.4, -0.2) is 20.9 Å². The van der Waals surface area contributed by atoms with Gasteiger partial charge in [0.1, 0.15) is 11.5 Å². The fourth-order valence-electron chi connectivity index (χ4n) is 2.92. The van der Waals surface area contributed by atoms with Crippen molar-refractivity contribution in [1.29, 1.82) is 0 Å². The Morgan fingerprint density at radius 3 is 2.61 bits per heavy atom. The molecule has 1 amide bonds. The van der Waals surface area contributed by atoms with Gasteiger partial charge in [0.15, 0.2) is 0 Å². The van der Waals surface area contributed by atoms with E-state index in [9.17, 15) is 4.79 Å². The highest BCUT2D eigenvalue weighted by Crippen LogP contribution is 2.21. The zero-order chi connectivity index (χ0) is 19.3. The van der Waals surface area contributed by atoms with Crippen LogP contribution >= 0.6 is 0 Å². The van der Waals surface area contributed by atoms with E-state index in [1.165, 1.54) is 17.3 Å². The first-order valence-corrected chi connectivity index (χ1v) is 8.96. The minimum atomic E-state index is -0.323. The minimum Gasteiger partial charge on any atom is -0.365 e. The standard InChI is InChI=1S/C22H19N5O/c1-15-6-2-3-7-17(15)12-25-20-14-24-19(13-26-20)22(28)27-18-10-4-8-16-9-5-11-23-21(16)18/h2-11,13-14H,12H2,1H3,(H,25,26)(H,27,28). The lowest BCUT2D eigenvalue weighted by Crippen LogP contribution is -2.15. The molecule has 6 nitrogen and oxygen atoms in total. The smallest absolute Gasteiger partial charge is 0.275 e. The van der Waals surface area contributed by atoms with Gasteiger partial charge in [-0.1, -0.05) is 42.5 Å². The maximum Gasteiger partial charge on any atom is 0.275 e. The average Bonchev–Trinajstić information content (AvgIpc) is 2.74. The van der Waals surface area contributed by atoms with Crippen LogP contribution in [0.4, 0.5) is 11.5 Å². The lowest BCUT2D eigenvalue weighted by molar-refractivity contribution is 0.102. The fraction of sp³-hybridized carbons (Fsp3) is 0.0909. The summed E-state index contributed by atoms with van der Waals surface area (Å²) < 4.78 is 0. The minimum absolute atomic E-state index is 0.245. The topological polar surface area (TPSA) is 79.8 Å². The van der Waals surface area contributed by atoms with Crippen LogP contribution in [-0.2, 0) is 6.54 Å². The van der Waals surface area contributed by atoms with Crippen LogP contribution in [0.25, 0.3) is 10.9 Å². The number of carbonyl (C=O) groups excluding carboxylic acids is 1. The van der Waals surface area contributed by atoms with Crippen molar-refractivity contribution in [1.82, 2.24) is 15.0 Å². The van der Waals surface area contributed by atoms with Gasteiger partial charge in [-0.05, 0) is 30.2 Å². The number of rotatable bonds is 5. The van der Waals surface area contributed by atoms with Crippen molar-refractivity contribution < 1.29 is 4.79 Å². The van der Waals surface area contributed by atoms with E-state index in [2.05, 4.69) is 44.6 Å². The third-order valence-electron chi connectivity index (χ3n) is 4.49. The fourth-order valence-corrected chi connectivity index (χ4v) is 2.92. The number of benzene rings is 2. The van der Waals surface area contributed by atoms with E-state index in [-0.39, 0.29) is 11.6 Å². The molecular weight excluding hydrogens is 350 g/mol. The molecule has 138 valence electrons. The van der Waals surface area contributed by atoms with Crippen LogP contribution in [0.3, 0.4) is 0 Å². The quantitative estimate of drug-likeness (QED) is 0.551. The molecule has 4 aromatic rings. The summed E-state index contributed by atoms with van der Waals surface area (Å²) in [6.07, 6.45) is 4.73. The van der Waals surface area contributed by atoms with E-state index in [1.54, 1.807) is 12.4 Å². The van der Waals surface area contributed by atoms with Crippen LogP contribution in [0, 0.1) is 6.92 Å². The largest absolute Gasteiger partial charge is 0.365 e. The summed E-state index contributed by atoms with van der Waals surface area (Å²) in [4.78, 5) is 25.4. The zero-order valence-electron chi connectivity index (χ0n) is 15.4. The Hall–Kier alpha value is -3.80. The van der Waals surface area contributed by atoms with Crippen molar-refractivity contribution in [2.45, 2.75) is 13.5 Å². The van der Waals surface area contributed by atoms with E-state index in [0.29, 0.717) is 18.1 Å². The van der Waals surface area contributed by atoms with Gasteiger partial charge in [-0.3, -0.25) is 9.78 Å². The summed E-state index contributed by atoms with van der Waals surface area (Å²) in [5, 5.41) is 7.05. The number of nitrogens with zero attached hydrogens (tertiary/aromatic N) is 3. The molecule has 2 heterocycles. The highest BCUT2D eigenvalue weighted by Gasteiger charge is 2.11. The lowest BCUT2D eigenvalue weighted by atomic mass is 10.1. The summed E-state index contributed by atoms with van der Waals surface area (Å²) in [7, 11) is 0. The summed E-state index contributed by atoms with van der Waals surface area (Å²) >= 11 is 0. The molecule has 0 saturated carbocycles. The first-order chi connectivity index (χ1) is 13.7. The number of aromatic nitrogens is 3. The number of carbonyl (C=O) groups is 1. The van der Waals surface area contributed by atoms with Crippen molar-refractivity contribution in [3.8, 4) is 0 Å². The summed E-state index contributed by atoms with van der Waals surface area (Å²) in [6, 6.07) is 17.6. The van der Waals surface area contributed by atoms with E-state index in [1.807, 2.05) is 42.5 Å². The van der Waals surface area contributed by atoms with Gasteiger partial charge in [-0.25, -0.2) is 9.97 Å². The van der Waals surface area contributed by atoms with Crippen LogP contribution in [0.15, 0.2) is 73.2 Å². The number of aryl methyl sites for hydroxylation is 1. The van der Waals surface area contributed by atoms with Crippen molar-refractivity contribution in [2.24, 2.45) is 0 Å². The molecule has 0 aliphatic carbocycles. The van der Waals surface area contributed by atoms with Gasteiger partial charge in [-0.2, -0.15) is 0 Å². The number of anilines is 2. The number of nitrogens with one attached hydrogen (secondary N) is 2. The molecule has 0 radical (unpaired) electrons. The van der Waals surface area contributed by atoms with Gasteiger partial charge in [0.25, 0.3) is 5.91 Å². The molecule has 4 rings (SSSR count). The number of hydrogen-bond acceptors (Lipinski definition) is 5. The Morgan fingerprint density at radius 2 is 1.79 bits per heavy atom. The third kappa shape index (κ3) is 3.81. The van der Waals surface area contributed by atoms with Crippen LogP contribution in [0.1, 0.15) is 21.6 Å². The Labute approximate surface area is 162 Å². The number of hydrogen-bond donors (Lipinski definition) is 2. The first-order valence-electron chi connectivity index (χ1n) is 8.96. The Bertz CT molecular complexity index is 1120. The van der Waals surface area contributed by atoms with Gasteiger partial charge < -0.3 is 10.6 Å². The molecule has 0 fully saturated rings. The van der Waals surface area contributed by atoms with Crippen molar-refractivity contribution in [3.05, 3.63) is 90.0 Å². The molecule has 2 aromatic heterocycles. The number of fused-ring (bicyclic) bond motifs is 1. The van der Waals surface area contributed by atoms with Crippen LogP contribution < -0.4 is 10.6 Å². The Morgan fingerprint density at radius 1 is 0.929 bits per heavy atom. The highest BCUT2D eigenvalue weighted by atomic mass is 16.1. The predicted molar refractivity (Wildman–Crippen MR) is 110 cm³/mol. The number of pyridine rings is 1. The zero-order valence-corrected chi connectivity index (χ0v) is 15.4. The second-order valence-electron chi connectivity index (χ2n) is 6.40. The molecule has 28 heavy (non-hydrogen) atoms. The number of amides is 1. The van der Waals surface area contributed by atoms with Crippen molar-refractivity contribution in [3.63, 3.8) is 0 Å². The molecule has 6 heteroatoms. The van der Waals surface area contributed by atoms with E-state index in [0.717, 1.165) is 10.9 Å². The molecule has 0 aliphatic heterocycles. The van der Waals surface area contributed by atoms with E-state index in [4.69, 9.17) is 0 Å². The SMILES string of the molecule is Cc1ccccc1CNc1cnc(C(=O)Nc2cccc3cccnc23)cn1. The molecular formula is C22H19N5O. The Kier molecular flexibility index (Phi) is 4.93. The first kappa shape index (κ1) is 17.6. The maximum absolute atomic E-state index is 12.5. The van der Waals surface area contributed by atoms with Crippen LogP contribution in [0.2, 0.25) is 0 Å². The maximum atomic E-state index is 12.5. The van der Waals surface area contributed by atoms with Gasteiger partial charge in [0.2, 0.25) is 0 Å². The van der Waals surface area contributed by atoms with Gasteiger partial charge in [0.05, 0.1) is 23.6 Å². The van der Waals surface area contributed by atoms with E-state index < -0.39 is 0 Å². The van der Waals surface area contributed by atoms with Crippen molar-refractivity contribution in [2.75, 3.05) is 10.6 Å². The third-order valence-corrected chi connectivity index (χ3v) is 4.49. The highest BCUT2D eigenvalue weighted by molar-refractivity contribution is 6.07. The van der Waals surface area contributed by atoms with Gasteiger partial charge >= 0.3 is 0 Å². The van der Waals surface area contributed by atoms with Gasteiger partial charge in [-0.15, -0.1) is 0 Å². The molecule has 0 saturated heterocycles. The number of para-hydroxylation sites is 1. The Balaban J connectivity index is 1.44. The van der Waals surface area contributed by atoms with Gasteiger partial charge in [0, 0.05) is 18.1 Å². The molecule has 0 aliphatic rings. The second-order valence-corrected chi connectivity index (χ2v) is 6.40. The summed E-state index contributed by atoms with van der Waals surface area (Å²) in [6.45, 7) is 2.72. The van der Waals surface area contributed by atoms with Crippen LogP contribution in [0.5, 0.6) is 0 Å². The molecule has 0 unspecified atom stereocenters. The molecule has 2 N–H and O–H groups in total. The molecule has 0 bridgehead atoms. The molecule has 2 aromatic carbocycles. The monoisotopic (exact) mass is 369 g/mol. The lowest BCUT2D eigenvalue weighted by Gasteiger charge is -2.09. The molecule has 0 spiro atoms. The second kappa shape index (κ2) is 7.84. The summed E-state index contributed by atoms with van der Waals surface area (Å²) in [5.41, 5.74) is 4.03. The normalized spacial score (nSPS) is 10.6. The average molecular weight is 369 g/mol. The summed E-state index contributed by atoms with van der Waals surface area (Å²) in [5.74, 6) is 0.294. The predicted octanol–water partition coefficient (Wildman–Crippen LogP) is 4.20. The van der Waals surface area contributed by atoms with E-state index >= 15 is 0 Å². The van der Waals surface area contributed by atoms with Crippen molar-refractivity contribution >= 4 is 28.3 Å². The molecule has 0 atom stereocenters.